The second-order valence-corrected chi connectivity index (χ2v) is 5.99. The number of likely N-dealkylation sites (tertiary alicyclic amines) is 1. The summed E-state index contributed by atoms with van der Waals surface area (Å²) in [6.07, 6.45) is 1.48. The molecule has 0 aromatic rings. The van der Waals surface area contributed by atoms with Gasteiger partial charge in [-0.3, -0.25) is 9.69 Å². The van der Waals surface area contributed by atoms with Crippen molar-refractivity contribution >= 4 is 12.0 Å². The van der Waals surface area contributed by atoms with E-state index < -0.39 is 11.4 Å². The quantitative estimate of drug-likeness (QED) is 0.749. The third-order valence-corrected chi connectivity index (χ3v) is 4.71. The number of carbonyl (C=O) groups is 2. The first-order chi connectivity index (χ1) is 9.87. The lowest BCUT2D eigenvalue weighted by Crippen LogP contribution is -2.46. The topological polar surface area (TPSA) is 72.9 Å². The van der Waals surface area contributed by atoms with Crippen molar-refractivity contribution < 1.29 is 14.7 Å². The van der Waals surface area contributed by atoms with Crippen molar-refractivity contribution in [2.45, 2.75) is 46.6 Å². The molecule has 2 amide bonds. The first-order valence-corrected chi connectivity index (χ1v) is 7.88. The van der Waals surface area contributed by atoms with E-state index in [0.29, 0.717) is 12.5 Å². The summed E-state index contributed by atoms with van der Waals surface area (Å²) in [5, 5.41) is 12.0. The summed E-state index contributed by atoms with van der Waals surface area (Å²) in [6, 6.07) is 0.272. The van der Waals surface area contributed by atoms with Gasteiger partial charge in [-0.25, -0.2) is 4.79 Å². The summed E-state index contributed by atoms with van der Waals surface area (Å²) in [4.78, 5) is 27.6. The zero-order valence-electron chi connectivity index (χ0n) is 13.7. The van der Waals surface area contributed by atoms with E-state index in [4.69, 9.17) is 0 Å². The van der Waals surface area contributed by atoms with Gasteiger partial charge in [-0.15, -0.1) is 0 Å². The van der Waals surface area contributed by atoms with E-state index >= 15 is 0 Å². The third kappa shape index (κ3) is 4.33. The Morgan fingerprint density at radius 1 is 1.33 bits per heavy atom. The van der Waals surface area contributed by atoms with Gasteiger partial charge in [-0.05, 0) is 32.9 Å². The van der Waals surface area contributed by atoms with Gasteiger partial charge in [0, 0.05) is 25.7 Å². The molecule has 2 unspecified atom stereocenters. The summed E-state index contributed by atoms with van der Waals surface area (Å²) in [5.41, 5.74) is -0.895. The molecule has 0 aromatic carbocycles. The van der Waals surface area contributed by atoms with Gasteiger partial charge in [0.2, 0.25) is 0 Å². The number of likely N-dealkylation sites (N-methyl/N-ethyl adjacent to an activating group) is 1. The maximum atomic E-state index is 12.2. The molecule has 2 N–H and O–H groups in total. The van der Waals surface area contributed by atoms with Crippen LogP contribution < -0.4 is 5.32 Å². The van der Waals surface area contributed by atoms with Crippen LogP contribution in [0.1, 0.15) is 40.5 Å². The van der Waals surface area contributed by atoms with Crippen LogP contribution in [0.3, 0.4) is 0 Å². The zero-order valence-corrected chi connectivity index (χ0v) is 13.7. The predicted molar refractivity (Wildman–Crippen MR) is 82.3 cm³/mol. The molecule has 1 heterocycles. The first-order valence-electron chi connectivity index (χ1n) is 7.88. The molecule has 1 aliphatic heterocycles. The average molecular weight is 299 g/mol. The van der Waals surface area contributed by atoms with Gasteiger partial charge in [0.1, 0.15) is 0 Å². The van der Waals surface area contributed by atoms with Crippen LogP contribution in [0.5, 0.6) is 0 Å². The van der Waals surface area contributed by atoms with Crippen molar-refractivity contribution in [3.05, 3.63) is 0 Å². The number of carbonyl (C=O) groups excluding carboxylic acids is 1. The summed E-state index contributed by atoms with van der Waals surface area (Å²) < 4.78 is 0. The highest BCUT2D eigenvalue weighted by molar-refractivity contribution is 5.78. The highest BCUT2D eigenvalue weighted by Crippen LogP contribution is 2.20. The molecule has 21 heavy (non-hydrogen) atoms. The maximum Gasteiger partial charge on any atom is 0.317 e. The Labute approximate surface area is 127 Å². The Morgan fingerprint density at radius 2 is 1.95 bits per heavy atom. The number of aliphatic carboxylic acids is 1. The number of nitrogens with zero attached hydrogens (tertiary/aromatic N) is 2. The Hall–Kier alpha value is -1.30. The van der Waals surface area contributed by atoms with Crippen LogP contribution in [0, 0.1) is 5.41 Å². The predicted octanol–water partition coefficient (Wildman–Crippen LogP) is 1.61. The van der Waals surface area contributed by atoms with Gasteiger partial charge in [0.15, 0.2) is 0 Å². The SMILES string of the molecule is CCN(CC)C1CCN(C(=O)NCC(C)(CC)C(=O)O)C1. The van der Waals surface area contributed by atoms with Crippen LogP contribution >= 0.6 is 0 Å². The van der Waals surface area contributed by atoms with E-state index in [-0.39, 0.29) is 12.6 Å². The molecule has 1 saturated heterocycles. The molecule has 122 valence electrons. The van der Waals surface area contributed by atoms with E-state index in [2.05, 4.69) is 24.1 Å². The van der Waals surface area contributed by atoms with Gasteiger partial charge >= 0.3 is 12.0 Å². The minimum Gasteiger partial charge on any atom is -0.481 e. The molecule has 0 saturated carbocycles. The molecule has 6 nitrogen and oxygen atoms in total. The van der Waals surface area contributed by atoms with Crippen LogP contribution in [0.4, 0.5) is 4.79 Å². The fourth-order valence-electron chi connectivity index (χ4n) is 2.70. The summed E-state index contributed by atoms with van der Waals surface area (Å²) in [7, 11) is 0. The van der Waals surface area contributed by atoms with E-state index in [1.54, 1.807) is 11.8 Å². The molecule has 0 aliphatic carbocycles. The monoisotopic (exact) mass is 299 g/mol. The number of nitrogens with one attached hydrogen (secondary N) is 1. The lowest BCUT2D eigenvalue weighted by atomic mass is 9.88. The third-order valence-electron chi connectivity index (χ3n) is 4.71. The molecule has 6 heteroatoms. The number of hydrogen-bond donors (Lipinski definition) is 2. The van der Waals surface area contributed by atoms with E-state index in [9.17, 15) is 14.7 Å². The van der Waals surface area contributed by atoms with Crippen LogP contribution in [0.25, 0.3) is 0 Å². The molecule has 0 spiro atoms. The largest absolute Gasteiger partial charge is 0.481 e. The number of carboxylic acids is 1. The highest BCUT2D eigenvalue weighted by atomic mass is 16.4. The van der Waals surface area contributed by atoms with Gasteiger partial charge in [0.25, 0.3) is 0 Å². The molecule has 2 atom stereocenters. The van der Waals surface area contributed by atoms with Crippen molar-refractivity contribution in [3.8, 4) is 0 Å². The number of rotatable bonds is 7. The number of amides is 2. The Morgan fingerprint density at radius 3 is 2.43 bits per heavy atom. The molecule has 1 rings (SSSR count). The molecule has 1 aliphatic rings. The standard InChI is InChI=1S/C15H29N3O3/c1-5-15(4,13(19)20)11-16-14(21)18-9-8-12(10-18)17(6-2)7-3/h12H,5-11H2,1-4H3,(H,16,21)(H,19,20). The number of urea groups is 1. The molecule has 1 fully saturated rings. The number of carboxylic acid groups (broad SMARTS) is 1. The lowest BCUT2D eigenvalue weighted by Gasteiger charge is -2.27. The number of hydrogen-bond acceptors (Lipinski definition) is 3. The zero-order chi connectivity index (χ0) is 16.0. The summed E-state index contributed by atoms with van der Waals surface area (Å²) in [5.74, 6) is -0.868. The van der Waals surface area contributed by atoms with Crippen molar-refractivity contribution in [1.29, 1.82) is 0 Å². The van der Waals surface area contributed by atoms with Gasteiger partial charge < -0.3 is 15.3 Å². The van der Waals surface area contributed by atoms with E-state index in [0.717, 1.165) is 32.6 Å². The highest BCUT2D eigenvalue weighted by Gasteiger charge is 2.34. The van der Waals surface area contributed by atoms with Crippen LogP contribution in [0.15, 0.2) is 0 Å². The first kappa shape index (κ1) is 17.8. The minimum atomic E-state index is -0.895. The van der Waals surface area contributed by atoms with Crippen LogP contribution in [-0.2, 0) is 4.79 Å². The normalized spacial score (nSPS) is 21.4. The van der Waals surface area contributed by atoms with Gasteiger partial charge in [0.05, 0.1) is 5.41 Å². The fourth-order valence-corrected chi connectivity index (χ4v) is 2.70. The Kier molecular flexibility index (Phi) is 6.45. The smallest absolute Gasteiger partial charge is 0.317 e. The molecular weight excluding hydrogens is 270 g/mol. The van der Waals surface area contributed by atoms with Crippen molar-refractivity contribution in [2.75, 3.05) is 32.7 Å². The van der Waals surface area contributed by atoms with E-state index in [1.165, 1.54) is 0 Å². The van der Waals surface area contributed by atoms with Crippen LogP contribution in [-0.4, -0.2) is 65.7 Å². The summed E-state index contributed by atoms with van der Waals surface area (Å²) in [6.45, 7) is 11.4. The summed E-state index contributed by atoms with van der Waals surface area (Å²) >= 11 is 0. The van der Waals surface area contributed by atoms with Gasteiger partial charge in [-0.1, -0.05) is 20.8 Å². The van der Waals surface area contributed by atoms with Crippen molar-refractivity contribution in [1.82, 2.24) is 15.1 Å². The van der Waals surface area contributed by atoms with Crippen molar-refractivity contribution in [2.24, 2.45) is 5.41 Å². The fraction of sp³-hybridized carbons (Fsp3) is 0.867. The second-order valence-electron chi connectivity index (χ2n) is 5.99. The molecule has 0 bridgehead atoms. The van der Waals surface area contributed by atoms with Crippen molar-refractivity contribution in [3.63, 3.8) is 0 Å². The van der Waals surface area contributed by atoms with Gasteiger partial charge in [-0.2, -0.15) is 0 Å². The minimum absolute atomic E-state index is 0.148. The Bertz CT molecular complexity index is 371. The lowest BCUT2D eigenvalue weighted by molar-refractivity contribution is -0.147. The molecule has 0 radical (unpaired) electrons. The Balaban J connectivity index is 2.49. The average Bonchev–Trinajstić information content (AvgIpc) is 2.95. The molecule has 0 aromatic heterocycles. The molecular formula is C15H29N3O3. The maximum absolute atomic E-state index is 12.2. The van der Waals surface area contributed by atoms with Crippen LogP contribution in [0.2, 0.25) is 0 Å². The second kappa shape index (κ2) is 7.64. The van der Waals surface area contributed by atoms with E-state index in [1.807, 2.05) is 6.92 Å².